The average Bonchev–Trinajstić information content (AvgIpc) is 3.31. The third-order valence-corrected chi connectivity index (χ3v) is 8.53. The van der Waals surface area contributed by atoms with E-state index in [0.29, 0.717) is 10.6 Å². The SMILES string of the molecule is COC(=O)/C(NS(=O)(=O)c1ccc(C)cc1)=C1/C=C[C@](Cc2cccc(Cl)c2)(C(=O)OC(C)(C)C)[C@H]1c1ccccc1. The summed E-state index contributed by atoms with van der Waals surface area (Å²) in [5.41, 5.74) is 0.130. The van der Waals surface area contributed by atoms with Gasteiger partial charge in [0.05, 0.1) is 12.0 Å². The molecule has 1 aliphatic rings. The molecule has 0 heterocycles. The predicted molar refractivity (Wildman–Crippen MR) is 162 cm³/mol. The molecule has 0 aromatic heterocycles. The molecule has 7 nitrogen and oxygen atoms in total. The third-order valence-electron chi connectivity index (χ3n) is 6.93. The fourth-order valence-corrected chi connectivity index (χ4v) is 6.36. The van der Waals surface area contributed by atoms with Gasteiger partial charge in [0, 0.05) is 10.9 Å². The van der Waals surface area contributed by atoms with Crippen LogP contribution in [0.5, 0.6) is 0 Å². The monoisotopic (exact) mass is 607 g/mol. The van der Waals surface area contributed by atoms with Crippen LogP contribution >= 0.6 is 11.6 Å². The summed E-state index contributed by atoms with van der Waals surface area (Å²) in [6.07, 6.45) is 3.47. The minimum Gasteiger partial charge on any atom is -0.464 e. The number of hydrogen-bond donors (Lipinski definition) is 1. The van der Waals surface area contributed by atoms with E-state index in [1.54, 1.807) is 63.3 Å². The number of esters is 2. The van der Waals surface area contributed by atoms with E-state index in [2.05, 4.69) is 4.72 Å². The number of methoxy groups -OCH3 is 1. The van der Waals surface area contributed by atoms with Gasteiger partial charge in [0.15, 0.2) is 0 Å². The first kappa shape index (κ1) is 31.1. The molecule has 0 aliphatic heterocycles. The zero-order chi connectivity index (χ0) is 30.7. The molecule has 0 saturated heterocycles. The van der Waals surface area contributed by atoms with Crippen molar-refractivity contribution in [3.8, 4) is 0 Å². The van der Waals surface area contributed by atoms with Crippen LogP contribution in [0.3, 0.4) is 0 Å². The number of carbonyl (C=O) groups is 2. The first-order valence-electron chi connectivity index (χ1n) is 13.4. The fourth-order valence-electron chi connectivity index (χ4n) is 5.07. The maximum Gasteiger partial charge on any atom is 0.355 e. The van der Waals surface area contributed by atoms with Crippen molar-refractivity contribution >= 4 is 33.6 Å². The standard InChI is InChI=1S/C33H34ClNO6S/c1-22-14-16-26(17-15-22)42(38,39)35-29(30(36)40-5)27-18-19-33(31(37)41-32(2,3)4,21-23-10-9-13-25(34)20-23)28(27)24-11-7-6-8-12-24/h6-20,28,35H,21H2,1-5H3/b29-27+/t28-,33+/m0/s1. The molecule has 0 amide bonds. The van der Waals surface area contributed by atoms with E-state index in [9.17, 15) is 18.0 Å². The molecule has 2 atom stereocenters. The highest BCUT2D eigenvalue weighted by molar-refractivity contribution is 7.89. The summed E-state index contributed by atoms with van der Waals surface area (Å²) in [5.74, 6) is -2.24. The summed E-state index contributed by atoms with van der Waals surface area (Å²) in [5, 5.41) is 0.502. The second-order valence-corrected chi connectivity index (χ2v) is 13.4. The Morgan fingerprint density at radius 1 is 0.976 bits per heavy atom. The number of carbonyl (C=O) groups excluding carboxylic acids is 2. The van der Waals surface area contributed by atoms with Crippen LogP contribution in [-0.4, -0.2) is 33.1 Å². The smallest absolute Gasteiger partial charge is 0.355 e. The highest BCUT2D eigenvalue weighted by Crippen LogP contribution is 2.52. The first-order valence-corrected chi connectivity index (χ1v) is 15.3. The summed E-state index contributed by atoms with van der Waals surface area (Å²) in [7, 11) is -3.03. The topological polar surface area (TPSA) is 98.8 Å². The number of benzene rings is 3. The van der Waals surface area contributed by atoms with Gasteiger partial charge in [-0.15, -0.1) is 0 Å². The Bertz CT molecular complexity index is 1640. The lowest BCUT2D eigenvalue weighted by molar-refractivity contribution is -0.165. The van der Waals surface area contributed by atoms with Crippen molar-refractivity contribution in [2.24, 2.45) is 5.41 Å². The molecular weight excluding hydrogens is 574 g/mol. The maximum atomic E-state index is 14.2. The Balaban J connectivity index is 1.97. The summed E-state index contributed by atoms with van der Waals surface area (Å²) in [4.78, 5) is 27.5. The van der Waals surface area contributed by atoms with Crippen LogP contribution in [0.1, 0.15) is 43.4 Å². The van der Waals surface area contributed by atoms with Crippen molar-refractivity contribution < 1.29 is 27.5 Å². The van der Waals surface area contributed by atoms with Crippen LogP contribution in [0.2, 0.25) is 5.02 Å². The van der Waals surface area contributed by atoms with Gasteiger partial charge in [-0.1, -0.05) is 83.9 Å². The lowest BCUT2D eigenvalue weighted by atomic mass is 9.69. The molecule has 0 saturated carbocycles. The van der Waals surface area contributed by atoms with Crippen LogP contribution in [-0.2, 0) is 35.5 Å². The molecule has 3 aromatic rings. The molecule has 3 aromatic carbocycles. The molecule has 1 N–H and O–H groups in total. The van der Waals surface area contributed by atoms with Crippen molar-refractivity contribution in [1.82, 2.24) is 4.72 Å². The van der Waals surface area contributed by atoms with Crippen LogP contribution < -0.4 is 4.72 Å². The van der Waals surface area contributed by atoms with Crippen LogP contribution in [0.25, 0.3) is 0 Å². The van der Waals surface area contributed by atoms with Crippen molar-refractivity contribution in [2.75, 3.05) is 7.11 Å². The molecular formula is C33H34ClNO6S. The van der Waals surface area contributed by atoms with E-state index in [1.165, 1.54) is 19.2 Å². The predicted octanol–water partition coefficient (Wildman–Crippen LogP) is 6.28. The number of nitrogens with one attached hydrogen (secondary N) is 1. The van der Waals surface area contributed by atoms with E-state index < -0.39 is 38.9 Å². The number of halogens is 1. The number of allylic oxidation sites excluding steroid dienone is 2. The van der Waals surface area contributed by atoms with Gasteiger partial charge in [0.2, 0.25) is 0 Å². The molecule has 0 radical (unpaired) electrons. The Hall–Kier alpha value is -3.88. The Morgan fingerprint density at radius 3 is 2.24 bits per heavy atom. The zero-order valence-corrected chi connectivity index (χ0v) is 25.8. The fraction of sp³-hybridized carbons (Fsp3) is 0.273. The number of aryl methyl sites for hydroxylation is 1. The van der Waals surface area contributed by atoms with Gasteiger partial charge in [-0.25, -0.2) is 13.2 Å². The quantitative estimate of drug-likeness (QED) is 0.239. The van der Waals surface area contributed by atoms with Gasteiger partial charge in [-0.05, 0) is 75.1 Å². The van der Waals surface area contributed by atoms with E-state index in [0.717, 1.165) is 11.1 Å². The summed E-state index contributed by atoms with van der Waals surface area (Å²) < 4.78 is 40.5. The van der Waals surface area contributed by atoms with Crippen molar-refractivity contribution in [3.05, 3.63) is 124 Å². The molecule has 220 valence electrons. The molecule has 9 heteroatoms. The van der Waals surface area contributed by atoms with Crippen molar-refractivity contribution in [1.29, 1.82) is 0 Å². The van der Waals surface area contributed by atoms with Gasteiger partial charge in [0.1, 0.15) is 16.7 Å². The highest BCUT2D eigenvalue weighted by atomic mass is 35.5. The van der Waals surface area contributed by atoms with Gasteiger partial charge in [-0.2, -0.15) is 0 Å². The van der Waals surface area contributed by atoms with E-state index in [4.69, 9.17) is 21.1 Å². The average molecular weight is 608 g/mol. The number of hydrogen-bond acceptors (Lipinski definition) is 6. The Morgan fingerprint density at radius 2 is 1.64 bits per heavy atom. The minimum absolute atomic E-state index is 0.0225. The van der Waals surface area contributed by atoms with E-state index in [1.807, 2.05) is 43.3 Å². The highest BCUT2D eigenvalue weighted by Gasteiger charge is 2.52. The molecule has 1 aliphatic carbocycles. The zero-order valence-electron chi connectivity index (χ0n) is 24.2. The van der Waals surface area contributed by atoms with Crippen molar-refractivity contribution in [2.45, 2.75) is 50.5 Å². The summed E-state index contributed by atoms with van der Waals surface area (Å²) in [6, 6.07) is 22.6. The lowest BCUT2D eigenvalue weighted by Crippen LogP contribution is -2.42. The third kappa shape index (κ3) is 6.77. The number of ether oxygens (including phenoxy) is 2. The van der Waals surface area contributed by atoms with Gasteiger partial charge in [-0.3, -0.25) is 9.52 Å². The molecule has 0 spiro atoms. The van der Waals surface area contributed by atoms with Gasteiger partial charge >= 0.3 is 11.9 Å². The van der Waals surface area contributed by atoms with Crippen LogP contribution in [0.4, 0.5) is 0 Å². The molecule has 0 fully saturated rings. The molecule has 0 unspecified atom stereocenters. The first-order chi connectivity index (χ1) is 19.8. The molecule has 42 heavy (non-hydrogen) atoms. The van der Waals surface area contributed by atoms with Crippen LogP contribution in [0, 0.1) is 12.3 Å². The Labute approximate surface area is 252 Å². The Kier molecular flexibility index (Phi) is 8.99. The van der Waals surface area contributed by atoms with E-state index >= 15 is 0 Å². The molecule has 0 bridgehead atoms. The largest absolute Gasteiger partial charge is 0.464 e. The van der Waals surface area contributed by atoms with Gasteiger partial charge < -0.3 is 9.47 Å². The minimum atomic E-state index is -4.20. The maximum absolute atomic E-state index is 14.2. The van der Waals surface area contributed by atoms with Crippen molar-refractivity contribution in [3.63, 3.8) is 0 Å². The summed E-state index contributed by atoms with van der Waals surface area (Å²) >= 11 is 6.31. The summed E-state index contributed by atoms with van der Waals surface area (Å²) in [6.45, 7) is 7.18. The number of sulfonamides is 1. The second kappa shape index (κ2) is 12.2. The van der Waals surface area contributed by atoms with E-state index in [-0.39, 0.29) is 22.6 Å². The molecule has 4 rings (SSSR count). The lowest BCUT2D eigenvalue weighted by Gasteiger charge is -2.36. The number of rotatable bonds is 8. The van der Waals surface area contributed by atoms with Gasteiger partial charge in [0.25, 0.3) is 10.0 Å². The second-order valence-electron chi connectivity index (χ2n) is 11.3. The van der Waals surface area contributed by atoms with Crippen LogP contribution in [0.15, 0.2) is 107 Å². The normalized spacial score (nSPS) is 19.7.